The van der Waals surface area contributed by atoms with Crippen molar-refractivity contribution in [3.8, 4) is 6.01 Å². The highest BCUT2D eigenvalue weighted by atomic mass is 127. The molecule has 1 aromatic carbocycles. The number of hydrogen-bond acceptors (Lipinski definition) is 3. The number of halogens is 1. The molecule has 1 aromatic heterocycles. The van der Waals surface area contributed by atoms with Crippen LogP contribution in [0.2, 0.25) is 0 Å². The van der Waals surface area contributed by atoms with Crippen LogP contribution in [0.4, 0.5) is 0 Å². The topological polar surface area (TPSA) is 44.1 Å². The average Bonchev–Trinajstić information content (AvgIpc) is 2.33. The number of rotatable bonds is 3. The first-order valence-electron chi connectivity index (χ1n) is 5.42. The molecule has 5 heteroatoms. The Kier molecular flexibility index (Phi) is 3.66. The van der Waals surface area contributed by atoms with E-state index in [9.17, 15) is 4.79 Å². The van der Waals surface area contributed by atoms with Crippen molar-refractivity contribution >= 4 is 33.5 Å². The van der Waals surface area contributed by atoms with E-state index in [0.717, 1.165) is 9.99 Å². The second-order valence-electron chi connectivity index (χ2n) is 3.77. The predicted molar refractivity (Wildman–Crippen MR) is 75.5 cm³/mol. The molecule has 0 N–H and O–H groups in total. The maximum Gasteiger partial charge on any atom is 0.299 e. The van der Waals surface area contributed by atoms with Crippen molar-refractivity contribution in [1.82, 2.24) is 9.55 Å². The van der Waals surface area contributed by atoms with E-state index >= 15 is 0 Å². The molecule has 0 bridgehead atoms. The number of benzene rings is 1. The monoisotopic (exact) mass is 344 g/mol. The van der Waals surface area contributed by atoms with Gasteiger partial charge in [-0.15, -0.1) is 0 Å². The van der Waals surface area contributed by atoms with Gasteiger partial charge >= 0.3 is 0 Å². The maximum absolute atomic E-state index is 12.1. The predicted octanol–water partition coefficient (Wildman–Crippen LogP) is 2.33. The van der Waals surface area contributed by atoms with Gasteiger partial charge in [-0.2, -0.15) is 4.98 Å². The van der Waals surface area contributed by atoms with Gasteiger partial charge in [-0.25, -0.2) is 0 Å². The molecule has 0 spiro atoms. The zero-order valence-corrected chi connectivity index (χ0v) is 11.9. The van der Waals surface area contributed by atoms with E-state index in [2.05, 4.69) is 27.6 Å². The Morgan fingerprint density at radius 2 is 2.24 bits per heavy atom. The van der Waals surface area contributed by atoms with Gasteiger partial charge in [-0.1, -0.05) is 6.92 Å². The minimum atomic E-state index is -0.0698. The second-order valence-corrected chi connectivity index (χ2v) is 5.01. The fraction of sp³-hybridized carbons (Fsp3) is 0.333. The van der Waals surface area contributed by atoms with E-state index in [1.807, 2.05) is 25.1 Å². The first-order chi connectivity index (χ1) is 8.13. The molecule has 0 aliphatic heterocycles. The molecule has 4 nitrogen and oxygen atoms in total. The number of ether oxygens (including phenoxy) is 1. The van der Waals surface area contributed by atoms with Crippen LogP contribution in [0.1, 0.15) is 13.3 Å². The van der Waals surface area contributed by atoms with Crippen LogP contribution in [0, 0.1) is 3.57 Å². The van der Waals surface area contributed by atoms with Gasteiger partial charge in [-0.05, 0) is 47.2 Å². The number of nitrogens with zero attached hydrogens (tertiary/aromatic N) is 2. The lowest BCUT2D eigenvalue weighted by molar-refractivity contribution is 0.279. The summed E-state index contributed by atoms with van der Waals surface area (Å²) < 4.78 is 7.93. The summed E-state index contributed by atoms with van der Waals surface area (Å²) in [5, 5.41) is 0.628. The third-order valence-corrected chi connectivity index (χ3v) is 3.10. The molecule has 0 unspecified atom stereocenters. The zero-order chi connectivity index (χ0) is 12.4. The van der Waals surface area contributed by atoms with Gasteiger partial charge in [0.2, 0.25) is 0 Å². The SMILES string of the molecule is CCCOc1nc2ccc(I)cc2c(=O)n1C. The van der Waals surface area contributed by atoms with Crippen LogP contribution in [0.15, 0.2) is 23.0 Å². The van der Waals surface area contributed by atoms with Gasteiger partial charge < -0.3 is 4.74 Å². The van der Waals surface area contributed by atoms with Crippen molar-refractivity contribution in [2.75, 3.05) is 6.61 Å². The lowest BCUT2D eigenvalue weighted by atomic mass is 10.2. The first kappa shape index (κ1) is 12.3. The van der Waals surface area contributed by atoms with Crippen LogP contribution in [-0.2, 0) is 7.05 Å². The molecule has 0 radical (unpaired) electrons. The molecule has 0 atom stereocenters. The molecule has 0 saturated heterocycles. The molecular formula is C12H13IN2O2. The molecule has 2 rings (SSSR count). The summed E-state index contributed by atoms with van der Waals surface area (Å²) in [5.41, 5.74) is 0.610. The van der Waals surface area contributed by atoms with E-state index in [-0.39, 0.29) is 5.56 Å². The molecule has 0 fully saturated rings. The Morgan fingerprint density at radius 3 is 2.94 bits per heavy atom. The summed E-state index contributed by atoms with van der Waals surface area (Å²) in [7, 11) is 1.68. The van der Waals surface area contributed by atoms with Crippen LogP contribution in [0.5, 0.6) is 6.01 Å². The van der Waals surface area contributed by atoms with Gasteiger partial charge in [0.15, 0.2) is 0 Å². The number of aromatic nitrogens is 2. The molecule has 90 valence electrons. The molecule has 17 heavy (non-hydrogen) atoms. The fourth-order valence-electron chi connectivity index (χ4n) is 1.55. The molecular weight excluding hydrogens is 331 g/mol. The van der Waals surface area contributed by atoms with Crippen LogP contribution < -0.4 is 10.3 Å². The Labute approximate surface area is 113 Å². The second kappa shape index (κ2) is 5.03. The largest absolute Gasteiger partial charge is 0.465 e. The van der Waals surface area contributed by atoms with E-state index < -0.39 is 0 Å². The summed E-state index contributed by atoms with van der Waals surface area (Å²) in [5.74, 6) is 0. The third kappa shape index (κ3) is 2.43. The van der Waals surface area contributed by atoms with Crippen LogP contribution in [0.3, 0.4) is 0 Å². The molecule has 0 aliphatic rings. The quantitative estimate of drug-likeness (QED) is 0.803. The average molecular weight is 344 g/mol. The fourth-order valence-corrected chi connectivity index (χ4v) is 2.04. The lowest BCUT2D eigenvalue weighted by Crippen LogP contribution is -2.21. The molecule has 0 saturated carbocycles. The molecule has 0 aliphatic carbocycles. The normalized spacial score (nSPS) is 10.8. The highest BCUT2D eigenvalue weighted by molar-refractivity contribution is 14.1. The van der Waals surface area contributed by atoms with Crippen LogP contribution in [-0.4, -0.2) is 16.2 Å². The Bertz CT molecular complexity index is 607. The standard InChI is InChI=1S/C12H13IN2O2/c1-3-6-17-12-14-10-5-4-8(13)7-9(10)11(16)15(12)2/h4-5,7H,3,6H2,1-2H3. The van der Waals surface area contributed by atoms with Crippen LogP contribution >= 0.6 is 22.6 Å². The highest BCUT2D eigenvalue weighted by Crippen LogP contribution is 2.15. The summed E-state index contributed by atoms with van der Waals surface area (Å²) >= 11 is 2.18. The van der Waals surface area contributed by atoms with Crippen molar-refractivity contribution in [1.29, 1.82) is 0 Å². The van der Waals surface area contributed by atoms with E-state index in [4.69, 9.17) is 4.74 Å². The van der Waals surface area contributed by atoms with Crippen molar-refractivity contribution in [2.24, 2.45) is 7.05 Å². The maximum atomic E-state index is 12.1. The minimum Gasteiger partial charge on any atom is -0.465 e. The zero-order valence-electron chi connectivity index (χ0n) is 9.74. The van der Waals surface area contributed by atoms with E-state index in [1.54, 1.807) is 7.05 Å². The van der Waals surface area contributed by atoms with Crippen molar-refractivity contribution in [3.63, 3.8) is 0 Å². The highest BCUT2D eigenvalue weighted by Gasteiger charge is 2.09. The first-order valence-corrected chi connectivity index (χ1v) is 6.50. The Balaban J connectivity index is 2.62. The van der Waals surface area contributed by atoms with Gasteiger partial charge in [0.1, 0.15) is 0 Å². The van der Waals surface area contributed by atoms with Crippen molar-refractivity contribution < 1.29 is 4.74 Å². The van der Waals surface area contributed by atoms with E-state index in [1.165, 1.54) is 4.57 Å². The third-order valence-electron chi connectivity index (χ3n) is 2.43. The summed E-state index contributed by atoms with van der Waals surface area (Å²) in [6, 6.07) is 6.00. The molecule has 0 amide bonds. The Morgan fingerprint density at radius 1 is 1.47 bits per heavy atom. The Hall–Kier alpha value is -1.11. The smallest absolute Gasteiger partial charge is 0.299 e. The van der Waals surface area contributed by atoms with Gasteiger partial charge in [0.05, 0.1) is 17.5 Å². The van der Waals surface area contributed by atoms with Gasteiger partial charge in [0.25, 0.3) is 11.6 Å². The lowest BCUT2D eigenvalue weighted by Gasteiger charge is -2.09. The van der Waals surface area contributed by atoms with E-state index in [0.29, 0.717) is 23.5 Å². The van der Waals surface area contributed by atoms with Crippen molar-refractivity contribution in [3.05, 3.63) is 32.1 Å². The molecule has 1 heterocycles. The molecule has 2 aromatic rings. The number of hydrogen-bond donors (Lipinski definition) is 0. The van der Waals surface area contributed by atoms with Gasteiger partial charge in [-0.3, -0.25) is 9.36 Å². The van der Waals surface area contributed by atoms with Crippen molar-refractivity contribution in [2.45, 2.75) is 13.3 Å². The summed E-state index contributed by atoms with van der Waals surface area (Å²) in [4.78, 5) is 16.5. The minimum absolute atomic E-state index is 0.0698. The van der Waals surface area contributed by atoms with Gasteiger partial charge in [0, 0.05) is 10.6 Å². The van der Waals surface area contributed by atoms with Crippen LogP contribution in [0.25, 0.3) is 10.9 Å². The number of fused-ring (bicyclic) bond motifs is 1. The summed E-state index contributed by atoms with van der Waals surface area (Å²) in [6.07, 6.45) is 0.889. The summed E-state index contributed by atoms with van der Waals surface area (Å²) in [6.45, 7) is 2.58.